The molecule has 0 aliphatic carbocycles. The van der Waals surface area contributed by atoms with Crippen LogP contribution in [0.25, 0.3) is 32.9 Å². The monoisotopic (exact) mass is 491 g/mol. The molecule has 8 nitrogen and oxygen atoms in total. The maximum Gasteiger partial charge on any atom is 0.413 e. The van der Waals surface area contributed by atoms with Gasteiger partial charge < -0.3 is 9.72 Å². The minimum Gasteiger partial charge on any atom is -0.450 e. The Hall–Kier alpha value is -4.24. The van der Waals surface area contributed by atoms with Gasteiger partial charge in [-0.05, 0) is 48.4 Å². The predicted octanol–water partition coefficient (Wildman–Crippen LogP) is 5.42. The summed E-state index contributed by atoms with van der Waals surface area (Å²) in [7, 11) is 0. The Bertz CT molecular complexity index is 1650. The third-order valence-corrected chi connectivity index (χ3v) is 5.83. The van der Waals surface area contributed by atoms with Crippen molar-refractivity contribution in [1.82, 2.24) is 20.2 Å². The number of ether oxygens (including phenoxy) is 1. The van der Waals surface area contributed by atoms with Gasteiger partial charge in [-0.3, -0.25) is 10.1 Å². The molecule has 0 aliphatic heterocycles. The lowest BCUT2D eigenvalue weighted by Crippen LogP contribution is -2.14. The summed E-state index contributed by atoms with van der Waals surface area (Å²) in [4.78, 5) is 31.0. The Morgan fingerprint density at radius 3 is 2.74 bits per heavy atom. The first-order valence-electron chi connectivity index (χ1n) is 10.8. The molecule has 2 heterocycles. The number of rotatable bonds is 5. The minimum atomic E-state index is -0.648. The number of benzene rings is 3. The second-order valence-corrected chi connectivity index (χ2v) is 8.23. The first kappa shape index (κ1) is 22.5. The number of aromatic nitrogens is 4. The van der Waals surface area contributed by atoms with E-state index in [2.05, 4.69) is 25.5 Å². The van der Waals surface area contributed by atoms with Crippen LogP contribution in [0.15, 0.2) is 59.4 Å². The summed E-state index contributed by atoms with van der Waals surface area (Å²) < 4.78 is 19.7. The number of nitrogens with zero attached hydrogens (tertiary/aromatic N) is 2. The van der Waals surface area contributed by atoms with Gasteiger partial charge in [0.25, 0.3) is 5.56 Å². The van der Waals surface area contributed by atoms with E-state index in [4.69, 9.17) is 16.3 Å². The lowest BCUT2D eigenvalue weighted by atomic mass is 9.98. The van der Waals surface area contributed by atoms with E-state index in [1.807, 2.05) is 12.1 Å². The van der Waals surface area contributed by atoms with Crippen LogP contribution < -0.4 is 10.9 Å². The first-order valence-corrected chi connectivity index (χ1v) is 11.2. The molecule has 0 radical (unpaired) electrons. The zero-order valence-corrected chi connectivity index (χ0v) is 19.2. The Labute approximate surface area is 203 Å². The second kappa shape index (κ2) is 9.19. The molecule has 1 amide bonds. The van der Waals surface area contributed by atoms with Crippen LogP contribution in [0.3, 0.4) is 0 Å². The van der Waals surface area contributed by atoms with Gasteiger partial charge in [-0.2, -0.15) is 5.10 Å². The summed E-state index contributed by atoms with van der Waals surface area (Å²) >= 11 is 6.44. The average molecular weight is 492 g/mol. The molecule has 10 heteroatoms. The van der Waals surface area contributed by atoms with Gasteiger partial charge in [-0.1, -0.05) is 35.9 Å². The molecule has 3 N–H and O–H groups in total. The van der Waals surface area contributed by atoms with E-state index in [9.17, 15) is 14.0 Å². The number of halogens is 2. The SMILES string of the molecule is CCOC(=O)Nc1nc2cc(-c3cc(Cc4n[nH]c(=O)c5ccccc45)ccc3F)cc(Cl)c2[nH]1. The maximum absolute atomic E-state index is 14.9. The van der Waals surface area contributed by atoms with Crippen molar-refractivity contribution in [2.45, 2.75) is 13.3 Å². The van der Waals surface area contributed by atoms with Crippen LogP contribution >= 0.6 is 11.6 Å². The van der Waals surface area contributed by atoms with Crippen LogP contribution in [0.1, 0.15) is 18.2 Å². The van der Waals surface area contributed by atoms with E-state index in [1.54, 1.807) is 43.3 Å². The number of aromatic amines is 2. The quantitative estimate of drug-likeness (QED) is 0.304. The van der Waals surface area contributed by atoms with Gasteiger partial charge in [0.1, 0.15) is 5.82 Å². The van der Waals surface area contributed by atoms with Gasteiger partial charge in [-0.15, -0.1) is 0 Å². The zero-order valence-electron chi connectivity index (χ0n) is 18.5. The molecule has 3 aromatic carbocycles. The van der Waals surface area contributed by atoms with Crippen LogP contribution in [0.5, 0.6) is 0 Å². The average Bonchev–Trinajstić information content (AvgIpc) is 3.25. The molecule has 0 bridgehead atoms. The molecule has 5 aromatic rings. The van der Waals surface area contributed by atoms with E-state index < -0.39 is 11.9 Å². The molecule has 0 unspecified atom stereocenters. The van der Waals surface area contributed by atoms with Gasteiger partial charge in [0, 0.05) is 17.4 Å². The van der Waals surface area contributed by atoms with E-state index in [1.165, 1.54) is 6.07 Å². The number of anilines is 1. The number of hydrogen-bond acceptors (Lipinski definition) is 5. The second-order valence-electron chi connectivity index (χ2n) is 7.82. The summed E-state index contributed by atoms with van der Waals surface area (Å²) in [6, 6.07) is 15.3. The van der Waals surface area contributed by atoms with Gasteiger partial charge >= 0.3 is 6.09 Å². The van der Waals surface area contributed by atoms with Crippen LogP contribution in [-0.2, 0) is 11.2 Å². The fraction of sp³-hybridized carbons (Fsp3) is 0.120. The van der Waals surface area contributed by atoms with Crippen molar-refractivity contribution in [3.8, 4) is 11.1 Å². The highest BCUT2D eigenvalue weighted by atomic mass is 35.5. The standard InChI is InChI=1S/C25H19ClFN5O3/c1-2-35-25(34)30-24-28-21-12-14(11-18(26)22(21)29-24)17-9-13(7-8-19(17)27)10-20-15-5-3-4-6-16(15)23(33)32-31-20/h3-9,11-12H,2,10H2,1H3,(H,32,33)(H2,28,29,30,34). The summed E-state index contributed by atoms with van der Waals surface area (Å²) in [5.41, 5.74) is 3.03. The fourth-order valence-electron chi connectivity index (χ4n) is 3.95. The Morgan fingerprint density at radius 2 is 1.94 bits per heavy atom. The van der Waals surface area contributed by atoms with Crippen LogP contribution in [0, 0.1) is 5.82 Å². The van der Waals surface area contributed by atoms with Crippen molar-refractivity contribution in [2.75, 3.05) is 11.9 Å². The van der Waals surface area contributed by atoms with Crippen molar-refractivity contribution in [1.29, 1.82) is 0 Å². The number of hydrogen-bond donors (Lipinski definition) is 3. The molecule has 5 rings (SSSR count). The number of H-pyrrole nitrogens is 2. The highest BCUT2D eigenvalue weighted by molar-refractivity contribution is 6.35. The highest BCUT2D eigenvalue weighted by Gasteiger charge is 2.15. The molecule has 2 aromatic heterocycles. The molecule has 176 valence electrons. The number of nitrogens with one attached hydrogen (secondary N) is 3. The Balaban J connectivity index is 1.51. The normalized spacial score (nSPS) is 11.2. The van der Waals surface area contributed by atoms with Gasteiger partial charge in [-0.25, -0.2) is 19.3 Å². The van der Waals surface area contributed by atoms with E-state index in [-0.39, 0.29) is 18.1 Å². The van der Waals surface area contributed by atoms with Crippen molar-refractivity contribution in [3.05, 3.63) is 87.0 Å². The molecule has 35 heavy (non-hydrogen) atoms. The number of carbonyl (C=O) groups excluding carboxylic acids is 1. The molecular formula is C25H19ClFN5O3. The van der Waals surface area contributed by atoms with Crippen LogP contribution in [0.4, 0.5) is 15.1 Å². The van der Waals surface area contributed by atoms with Gasteiger partial charge in [0.05, 0.1) is 33.7 Å². The third kappa shape index (κ3) is 4.45. The van der Waals surface area contributed by atoms with E-state index in [0.717, 1.165) is 10.9 Å². The number of imidazole rings is 1. The van der Waals surface area contributed by atoms with Gasteiger partial charge in [0.15, 0.2) is 0 Å². The Morgan fingerprint density at radius 1 is 1.14 bits per heavy atom. The lowest BCUT2D eigenvalue weighted by molar-refractivity contribution is 0.167. The lowest BCUT2D eigenvalue weighted by Gasteiger charge is -2.09. The third-order valence-electron chi connectivity index (χ3n) is 5.53. The molecule has 0 atom stereocenters. The van der Waals surface area contributed by atoms with E-state index >= 15 is 0 Å². The van der Waals surface area contributed by atoms with Crippen molar-refractivity contribution in [3.63, 3.8) is 0 Å². The maximum atomic E-state index is 14.9. The molecule has 0 fully saturated rings. The summed E-state index contributed by atoms with van der Waals surface area (Å²) in [5.74, 6) is -0.258. The molecule has 0 saturated heterocycles. The molecule has 0 aliphatic rings. The minimum absolute atomic E-state index is 0.169. The van der Waals surface area contributed by atoms with Crippen molar-refractivity contribution < 1.29 is 13.9 Å². The fourth-order valence-corrected chi connectivity index (χ4v) is 4.21. The summed E-state index contributed by atoms with van der Waals surface area (Å²) in [6.45, 7) is 1.91. The van der Waals surface area contributed by atoms with Crippen molar-refractivity contribution in [2.24, 2.45) is 0 Å². The molecule has 0 spiro atoms. The number of amides is 1. The highest BCUT2D eigenvalue weighted by Crippen LogP contribution is 2.33. The zero-order chi connectivity index (χ0) is 24.5. The molecule has 0 saturated carbocycles. The molecular weight excluding hydrogens is 473 g/mol. The Kier molecular flexibility index (Phi) is 5.92. The predicted molar refractivity (Wildman–Crippen MR) is 132 cm³/mol. The van der Waals surface area contributed by atoms with Crippen LogP contribution in [0.2, 0.25) is 5.02 Å². The smallest absolute Gasteiger partial charge is 0.413 e. The van der Waals surface area contributed by atoms with E-state index in [0.29, 0.717) is 44.7 Å². The van der Waals surface area contributed by atoms with Gasteiger partial charge in [0.2, 0.25) is 5.95 Å². The largest absolute Gasteiger partial charge is 0.450 e. The van der Waals surface area contributed by atoms with Crippen molar-refractivity contribution >= 4 is 45.4 Å². The first-order chi connectivity index (χ1) is 16.9. The number of carbonyl (C=O) groups is 1. The van der Waals surface area contributed by atoms with Crippen LogP contribution in [-0.4, -0.2) is 32.9 Å². The number of fused-ring (bicyclic) bond motifs is 2. The topological polar surface area (TPSA) is 113 Å². The summed E-state index contributed by atoms with van der Waals surface area (Å²) in [6.07, 6.45) is -0.263. The summed E-state index contributed by atoms with van der Waals surface area (Å²) in [5, 5.41) is 10.8.